The number of aromatic nitrogens is 3. The van der Waals surface area contributed by atoms with Crippen LogP contribution in [0.2, 0.25) is 0 Å². The van der Waals surface area contributed by atoms with E-state index in [1.807, 2.05) is 25.5 Å². The van der Waals surface area contributed by atoms with Gasteiger partial charge in [0.25, 0.3) is 0 Å². The molecule has 7 nitrogen and oxygen atoms in total. The highest BCUT2D eigenvalue weighted by atomic mass is 32.2. The topological polar surface area (TPSA) is 67.6 Å². The largest absolute Gasteiger partial charge is 0.382 e. The molecule has 0 radical (unpaired) electrons. The van der Waals surface area contributed by atoms with Crippen molar-refractivity contribution in [2.45, 2.75) is 38.3 Å². The van der Waals surface area contributed by atoms with Gasteiger partial charge in [0.15, 0.2) is 11.8 Å². The van der Waals surface area contributed by atoms with Gasteiger partial charge < -0.3 is 19.5 Å². The molecular weight excluding hydrogens is 372 g/mol. The van der Waals surface area contributed by atoms with Gasteiger partial charge in [-0.05, 0) is 44.2 Å². The summed E-state index contributed by atoms with van der Waals surface area (Å²) < 4.78 is 7.39. The number of nitrogens with one attached hydrogen (secondary N) is 1. The molecule has 0 atom stereocenters. The first kappa shape index (κ1) is 22.2. The fraction of sp³-hybridized carbons (Fsp3) is 0.550. The molecule has 0 bridgehead atoms. The highest BCUT2D eigenvalue weighted by Gasteiger charge is 2.09. The van der Waals surface area contributed by atoms with Crippen LogP contribution in [0.4, 0.5) is 0 Å². The van der Waals surface area contributed by atoms with Gasteiger partial charge in [0, 0.05) is 45.3 Å². The Balaban J connectivity index is 2.04. The number of hydrogen-bond donors (Lipinski definition) is 1. The lowest BCUT2D eigenvalue weighted by Crippen LogP contribution is -2.39. The van der Waals surface area contributed by atoms with E-state index < -0.39 is 0 Å². The average Bonchev–Trinajstić information content (AvgIpc) is 3.02. The Morgan fingerprint density at radius 3 is 2.64 bits per heavy atom. The van der Waals surface area contributed by atoms with Crippen LogP contribution in [0, 0.1) is 6.92 Å². The van der Waals surface area contributed by atoms with E-state index in [0.29, 0.717) is 6.54 Å². The summed E-state index contributed by atoms with van der Waals surface area (Å²) >= 11 is 1.75. The highest BCUT2D eigenvalue weighted by molar-refractivity contribution is 7.98. The number of hydrogen-bond acceptors (Lipinski definition) is 5. The summed E-state index contributed by atoms with van der Waals surface area (Å²) in [5, 5.41) is 11.8. The van der Waals surface area contributed by atoms with Crippen molar-refractivity contribution in [3.05, 3.63) is 41.5 Å². The minimum Gasteiger partial charge on any atom is -0.382 e. The SMILES string of the molecule is CCOCCCNC(=NCc1nnc(C)n1C)N(C)Cc1ccc(SC)cc1. The van der Waals surface area contributed by atoms with E-state index in [-0.39, 0.29) is 0 Å². The van der Waals surface area contributed by atoms with Gasteiger partial charge in [-0.3, -0.25) is 0 Å². The molecule has 8 heteroatoms. The lowest BCUT2D eigenvalue weighted by molar-refractivity contribution is 0.145. The summed E-state index contributed by atoms with van der Waals surface area (Å²) in [5.74, 6) is 2.59. The number of thioether (sulfide) groups is 1. The van der Waals surface area contributed by atoms with Gasteiger partial charge in [0.1, 0.15) is 12.4 Å². The van der Waals surface area contributed by atoms with Crippen molar-refractivity contribution in [3.8, 4) is 0 Å². The maximum absolute atomic E-state index is 5.42. The molecule has 0 saturated carbocycles. The third kappa shape index (κ3) is 6.83. The number of nitrogens with zero attached hydrogens (tertiary/aromatic N) is 5. The number of aliphatic imine (C=N–C) groups is 1. The zero-order valence-electron chi connectivity index (χ0n) is 17.6. The van der Waals surface area contributed by atoms with Gasteiger partial charge >= 0.3 is 0 Å². The van der Waals surface area contributed by atoms with Crippen LogP contribution in [0.3, 0.4) is 0 Å². The van der Waals surface area contributed by atoms with Crippen LogP contribution >= 0.6 is 11.8 Å². The fourth-order valence-corrected chi connectivity index (χ4v) is 3.05. The Morgan fingerprint density at radius 1 is 1.29 bits per heavy atom. The number of ether oxygens (including phenoxy) is 1. The average molecular weight is 405 g/mol. The molecule has 0 fully saturated rings. The van der Waals surface area contributed by atoms with Crippen LogP contribution in [0.15, 0.2) is 34.2 Å². The van der Waals surface area contributed by atoms with E-state index in [9.17, 15) is 0 Å². The second-order valence-corrected chi connectivity index (χ2v) is 7.42. The first-order valence-electron chi connectivity index (χ1n) is 9.60. The zero-order valence-corrected chi connectivity index (χ0v) is 18.4. The predicted molar refractivity (Wildman–Crippen MR) is 116 cm³/mol. The molecule has 154 valence electrons. The summed E-state index contributed by atoms with van der Waals surface area (Å²) in [6.45, 7) is 7.53. The summed E-state index contributed by atoms with van der Waals surface area (Å²) in [7, 11) is 4.02. The smallest absolute Gasteiger partial charge is 0.194 e. The normalized spacial score (nSPS) is 11.7. The Kier molecular flexibility index (Phi) is 9.30. The Bertz CT molecular complexity index is 744. The molecule has 1 heterocycles. The molecule has 0 aliphatic carbocycles. The van der Waals surface area contributed by atoms with E-state index >= 15 is 0 Å². The monoisotopic (exact) mass is 404 g/mol. The Morgan fingerprint density at radius 2 is 2.04 bits per heavy atom. The third-order valence-corrected chi connectivity index (χ3v) is 5.19. The highest BCUT2D eigenvalue weighted by Crippen LogP contribution is 2.15. The van der Waals surface area contributed by atoms with Gasteiger partial charge in [-0.2, -0.15) is 0 Å². The maximum atomic E-state index is 5.42. The summed E-state index contributed by atoms with van der Waals surface area (Å²) in [5.41, 5.74) is 1.25. The summed E-state index contributed by atoms with van der Waals surface area (Å²) in [4.78, 5) is 8.19. The predicted octanol–water partition coefficient (Wildman–Crippen LogP) is 2.85. The molecule has 1 aromatic carbocycles. The zero-order chi connectivity index (χ0) is 20.4. The molecule has 1 aromatic heterocycles. The second-order valence-electron chi connectivity index (χ2n) is 6.54. The summed E-state index contributed by atoms with van der Waals surface area (Å²) in [6, 6.07) is 8.65. The molecule has 1 N–H and O–H groups in total. The maximum Gasteiger partial charge on any atom is 0.194 e. The van der Waals surface area contributed by atoms with Crippen LogP contribution in [-0.4, -0.2) is 58.7 Å². The van der Waals surface area contributed by atoms with Crippen LogP contribution in [0.5, 0.6) is 0 Å². The lowest BCUT2D eigenvalue weighted by Gasteiger charge is -2.23. The van der Waals surface area contributed by atoms with E-state index in [4.69, 9.17) is 9.73 Å². The molecule has 0 aliphatic heterocycles. The van der Waals surface area contributed by atoms with Crippen molar-refractivity contribution in [1.82, 2.24) is 25.0 Å². The standard InChI is InChI=1S/C20H32N6OS/c1-6-27-13-7-12-21-20(22-14-19-24-23-16(2)26(19)4)25(3)15-17-8-10-18(28-5)11-9-17/h8-11H,6-7,12-15H2,1-5H3,(H,21,22). The van der Waals surface area contributed by atoms with E-state index in [1.165, 1.54) is 10.5 Å². The van der Waals surface area contributed by atoms with Crippen molar-refractivity contribution < 1.29 is 4.74 Å². The molecule has 0 amide bonds. The van der Waals surface area contributed by atoms with Crippen molar-refractivity contribution in [3.63, 3.8) is 0 Å². The first-order valence-corrected chi connectivity index (χ1v) is 10.8. The van der Waals surface area contributed by atoms with E-state index in [2.05, 4.69) is 58.0 Å². The number of guanidine groups is 1. The third-order valence-electron chi connectivity index (χ3n) is 4.45. The Labute approximate surface area is 172 Å². The van der Waals surface area contributed by atoms with E-state index in [0.717, 1.165) is 50.3 Å². The van der Waals surface area contributed by atoms with Gasteiger partial charge in [-0.25, -0.2) is 4.99 Å². The lowest BCUT2D eigenvalue weighted by atomic mass is 10.2. The fourth-order valence-electron chi connectivity index (χ4n) is 2.64. The van der Waals surface area contributed by atoms with Gasteiger partial charge in [-0.1, -0.05) is 12.1 Å². The number of rotatable bonds is 10. The van der Waals surface area contributed by atoms with Crippen molar-refractivity contribution in [2.24, 2.45) is 12.0 Å². The molecule has 28 heavy (non-hydrogen) atoms. The van der Waals surface area contributed by atoms with Gasteiger partial charge in [0.05, 0.1) is 0 Å². The Hall–Kier alpha value is -2.06. The van der Waals surface area contributed by atoms with Crippen LogP contribution in [-0.2, 0) is 24.9 Å². The van der Waals surface area contributed by atoms with Crippen LogP contribution in [0.1, 0.15) is 30.6 Å². The number of benzene rings is 1. The van der Waals surface area contributed by atoms with E-state index in [1.54, 1.807) is 11.8 Å². The van der Waals surface area contributed by atoms with Crippen LogP contribution < -0.4 is 5.32 Å². The quantitative estimate of drug-likeness (QED) is 0.284. The molecule has 0 aliphatic rings. The van der Waals surface area contributed by atoms with Crippen molar-refractivity contribution in [1.29, 1.82) is 0 Å². The van der Waals surface area contributed by atoms with Crippen LogP contribution in [0.25, 0.3) is 0 Å². The number of aryl methyl sites for hydroxylation is 1. The first-order chi connectivity index (χ1) is 13.5. The molecule has 2 aromatic rings. The summed E-state index contributed by atoms with van der Waals surface area (Å²) in [6.07, 6.45) is 3.03. The van der Waals surface area contributed by atoms with Gasteiger partial charge in [0.2, 0.25) is 0 Å². The second kappa shape index (κ2) is 11.7. The minimum atomic E-state index is 0.487. The molecule has 0 saturated heterocycles. The molecule has 0 unspecified atom stereocenters. The molecule has 2 rings (SSSR count). The minimum absolute atomic E-state index is 0.487. The van der Waals surface area contributed by atoms with Crippen molar-refractivity contribution >= 4 is 17.7 Å². The van der Waals surface area contributed by atoms with Gasteiger partial charge in [-0.15, -0.1) is 22.0 Å². The molecule has 0 spiro atoms. The molecular formula is C20H32N6OS. The van der Waals surface area contributed by atoms with Crippen molar-refractivity contribution in [2.75, 3.05) is 33.1 Å².